The van der Waals surface area contributed by atoms with Crippen LogP contribution < -0.4 is 5.73 Å². The first-order valence-electron chi connectivity index (χ1n) is 4.32. The number of nitrogens with two attached hydrogens (primary N) is 1. The highest BCUT2D eigenvalue weighted by atomic mass is 32.1. The maximum Gasteiger partial charge on any atom is 0.235 e. The molecule has 15 heavy (non-hydrogen) atoms. The Morgan fingerprint density at radius 3 is 3.13 bits per heavy atom. The molecule has 0 fully saturated rings. The van der Waals surface area contributed by atoms with Crippen molar-refractivity contribution < 1.29 is 8.83 Å². The second kappa shape index (κ2) is 3.09. The third kappa shape index (κ3) is 1.39. The van der Waals surface area contributed by atoms with Gasteiger partial charge in [0.25, 0.3) is 0 Å². The fourth-order valence-corrected chi connectivity index (χ4v) is 1.95. The average molecular weight is 221 g/mol. The van der Waals surface area contributed by atoms with E-state index in [1.54, 1.807) is 23.0 Å². The first-order valence-corrected chi connectivity index (χ1v) is 5.20. The van der Waals surface area contributed by atoms with E-state index in [0.29, 0.717) is 23.4 Å². The summed E-state index contributed by atoms with van der Waals surface area (Å²) in [5.74, 6) is 0.903. The molecule has 0 aromatic carbocycles. The van der Waals surface area contributed by atoms with Crippen molar-refractivity contribution in [3.05, 3.63) is 28.7 Å². The topological polar surface area (TPSA) is 78.1 Å². The molecular formula is C9H7N3O2S. The first-order chi connectivity index (χ1) is 7.33. The van der Waals surface area contributed by atoms with Crippen molar-refractivity contribution in [1.82, 2.24) is 9.97 Å². The molecule has 0 saturated heterocycles. The van der Waals surface area contributed by atoms with E-state index in [1.807, 2.05) is 0 Å². The highest BCUT2D eigenvalue weighted by Gasteiger charge is 2.12. The van der Waals surface area contributed by atoms with Crippen LogP contribution >= 0.6 is 11.3 Å². The van der Waals surface area contributed by atoms with Crippen LogP contribution in [0.3, 0.4) is 0 Å². The number of fused-ring (bicyclic) bond motifs is 1. The van der Waals surface area contributed by atoms with E-state index in [2.05, 4.69) is 9.97 Å². The van der Waals surface area contributed by atoms with Crippen molar-refractivity contribution in [2.45, 2.75) is 6.42 Å². The van der Waals surface area contributed by atoms with Crippen LogP contribution in [0.1, 0.15) is 10.8 Å². The monoisotopic (exact) mass is 221 g/mol. The fraction of sp³-hybridized carbons (Fsp3) is 0.111. The van der Waals surface area contributed by atoms with E-state index < -0.39 is 0 Å². The minimum Gasteiger partial charge on any atom is -0.443 e. The molecule has 0 spiro atoms. The van der Waals surface area contributed by atoms with Gasteiger partial charge in [-0.3, -0.25) is 4.98 Å². The lowest BCUT2D eigenvalue weighted by molar-refractivity contribution is 0.526. The van der Waals surface area contributed by atoms with Crippen LogP contribution in [0.5, 0.6) is 0 Å². The van der Waals surface area contributed by atoms with Crippen LogP contribution in [-0.2, 0) is 6.42 Å². The van der Waals surface area contributed by atoms with Crippen molar-refractivity contribution in [2.24, 2.45) is 0 Å². The van der Waals surface area contributed by atoms with E-state index in [-0.39, 0.29) is 5.88 Å². The third-order valence-corrected chi connectivity index (χ3v) is 2.81. The third-order valence-electron chi connectivity index (χ3n) is 2.03. The average Bonchev–Trinajstić information content (AvgIpc) is 2.88. The van der Waals surface area contributed by atoms with E-state index >= 15 is 0 Å². The molecule has 0 aliphatic carbocycles. The number of rotatable bonds is 2. The molecular weight excluding hydrogens is 214 g/mol. The van der Waals surface area contributed by atoms with Crippen molar-refractivity contribution in [3.8, 4) is 0 Å². The highest BCUT2D eigenvalue weighted by Crippen LogP contribution is 2.25. The molecule has 3 heterocycles. The van der Waals surface area contributed by atoms with Gasteiger partial charge < -0.3 is 14.6 Å². The molecule has 0 amide bonds. The number of nitrogens with zero attached hydrogens (tertiary/aromatic N) is 2. The highest BCUT2D eigenvalue weighted by molar-refractivity contribution is 7.09. The molecule has 0 radical (unpaired) electrons. The van der Waals surface area contributed by atoms with Gasteiger partial charge in [0, 0.05) is 11.1 Å². The van der Waals surface area contributed by atoms with E-state index in [1.165, 1.54) is 6.26 Å². The summed E-state index contributed by atoms with van der Waals surface area (Å²) in [5.41, 5.74) is 8.51. The fourth-order valence-electron chi connectivity index (χ4n) is 1.36. The van der Waals surface area contributed by atoms with Gasteiger partial charge >= 0.3 is 0 Å². The molecule has 2 N–H and O–H groups in total. The summed E-state index contributed by atoms with van der Waals surface area (Å²) >= 11 is 1.57. The number of furan rings is 1. The normalized spacial score (nSPS) is 11.2. The predicted molar refractivity (Wildman–Crippen MR) is 55.6 cm³/mol. The molecule has 3 aromatic heterocycles. The molecule has 3 rings (SSSR count). The minimum absolute atomic E-state index is 0.271. The van der Waals surface area contributed by atoms with Gasteiger partial charge in [-0.05, 0) is 0 Å². The SMILES string of the molecule is Nc1occ2nc(Cc3cncs3)oc12. The van der Waals surface area contributed by atoms with Gasteiger partial charge in [-0.2, -0.15) is 0 Å². The maximum atomic E-state index is 5.55. The Hall–Kier alpha value is -1.82. The molecule has 0 unspecified atom stereocenters. The summed E-state index contributed by atoms with van der Waals surface area (Å²) in [6.45, 7) is 0. The van der Waals surface area contributed by atoms with Crippen LogP contribution in [0.2, 0.25) is 0 Å². The molecule has 5 nitrogen and oxygen atoms in total. The molecule has 76 valence electrons. The number of anilines is 1. The number of hydrogen-bond donors (Lipinski definition) is 1. The minimum atomic E-state index is 0.271. The zero-order valence-corrected chi connectivity index (χ0v) is 8.45. The molecule has 0 aliphatic rings. The van der Waals surface area contributed by atoms with Crippen molar-refractivity contribution in [3.63, 3.8) is 0 Å². The van der Waals surface area contributed by atoms with Gasteiger partial charge in [-0.1, -0.05) is 0 Å². The Morgan fingerprint density at radius 2 is 2.40 bits per heavy atom. The number of nitrogen functional groups attached to an aromatic ring is 1. The first kappa shape index (κ1) is 8.49. The summed E-state index contributed by atoms with van der Waals surface area (Å²) in [6, 6.07) is 0. The number of thiazole rings is 1. The van der Waals surface area contributed by atoms with Crippen LogP contribution in [0.15, 0.2) is 26.8 Å². The number of aromatic nitrogens is 2. The van der Waals surface area contributed by atoms with Crippen LogP contribution in [0.4, 0.5) is 5.88 Å². The van der Waals surface area contributed by atoms with Crippen LogP contribution in [-0.4, -0.2) is 9.97 Å². The summed E-state index contributed by atoms with van der Waals surface area (Å²) in [4.78, 5) is 9.34. The van der Waals surface area contributed by atoms with Gasteiger partial charge in [0.15, 0.2) is 5.52 Å². The van der Waals surface area contributed by atoms with Gasteiger partial charge in [-0.25, -0.2) is 4.98 Å². The molecule has 0 aliphatic heterocycles. The van der Waals surface area contributed by atoms with E-state index in [4.69, 9.17) is 14.6 Å². The molecule has 0 atom stereocenters. The number of hydrogen-bond acceptors (Lipinski definition) is 6. The van der Waals surface area contributed by atoms with Crippen molar-refractivity contribution >= 4 is 28.3 Å². The zero-order chi connectivity index (χ0) is 10.3. The number of oxazole rings is 1. The molecule has 6 heteroatoms. The second-order valence-electron chi connectivity index (χ2n) is 3.07. The predicted octanol–water partition coefficient (Wildman–Crippen LogP) is 2.05. The lowest BCUT2D eigenvalue weighted by Crippen LogP contribution is -1.83. The van der Waals surface area contributed by atoms with Crippen molar-refractivity contribution in [2.75, 3.05) is 5.73 Å². The molecule has 3 aromatic rings. The lowest BCUT2D eigenvalue weighted by Gasteiger charge is -1.89. The largest absolute Gasteiger partial charge is 0.443 e. The van der Waals surface area contributed by atoms with Gasteiger partial charge in [0.2, 0.25) is 17.4 Å². The summed E-state index contributed by atoms with van der Waals surface area (Å²) in [7, 11) is 0. The summed E-state index contributed by atoms with van der Waals surface area (Å²) in [5, 5.41) is 0. The molecule has 0 saturated carbocycles. The van der Waals surface area contributed by atoms with Crippen LogP contribution in [0.25, 0.3) is 11.1 Å². The van der Waals surface area contributed by atoms with Gasteiger partial charge in [0.05, 0.1) is 11.9 Å². The maximum absolute atomic E-state index is 5.55. The zero-order valence-electron chi connectivity index (χ0n) is 7.64. The Balaban J connectivity index is 1.98. The van der Waals surface area contributed by atoms with Gasteiger partial charge in [-0.15, -0.1) is 11.3 Å². The Labute approximate surface area is 88.5 Å². The quantitative estimate of drug-likeness (QED) is 0.716. The van der Waals surface area contributed by atoms with E-state index in [0.717, 1.165) is 4.88 Å². The Bertz CT molecular complexity index is 582. The van der Waals surface area contributed by atoms with E-state index in [9.17, 15) is 0 Å². The second-order valence-corrected chi connectivity index (χ2v) is 4.04. The Morgan fingerprint density at radius 1 is 1.47 bits per heavy atom. The smallest absolute Gasteiger partial charge is 0.235 e. The van der Waals surface area contributed by atoms with Crippen molar-refractivity contribution in [1.29, 1.82) is 0 Å². The summed E-state index contributed by atoms with van der Waals surface area (Å²) in [6.07, 6.45) is 3.93. The summed E-state index contributed by atoms with van der Waals surface area (Å²) < 4.78 is 10.4. The van der Waals surface area contributed by atoms with Crippen LogP contribution in [0, 0.1) is 0 Å². The lowest BCUT2D eigenvalue weighted by atomic mass is 10.4. The molecule has 0 bridgehead atoms. The standard InChI is InChI=1S/C9H7N3O2S/c10-9-8-6(3-13-9)12-7(14-8)1-5-2-11-4-15-5/h2-4H,1,10H2. The van der Waals surface area contributed by atoms with Gasteiger partial charge in [0.1, 0.15) is 6.26 Å². The Kier molecular flexibility index (Phi) is 1.75.